The van der Waals surface area contributed by atoms with Gasteiger partial charge in [-0.3, -0.25) is 0 Å². The van der Waals surface area contributed by atoms with Crippen LogP contribution in [0.5, 0.6) is 0 Å². The summed E-state index contributed by atoms with van der Waals surface area (Å²) >= 11 is 0. The summed E-state index contributed by atoms with van der Waals surface area (Å²) in [5.74, 6) is -1.85. The quantitative estimate of drug-likeness (QED) is 0.799. The molecule has 0 saturated carbocycles. The van der Waals surface area contributed by atoms with Crippen molar-refractivity contribution in [2.45, 2.75) is 25.3 Å². The zero-order chi connectivity index (χ0) is 16.5. The second kappa shape index (κ2) is 6.21. The maximum Gasteiger partial charge on any atom is 0.470 e. The van der Waals surface area contributed by atoms with Crippen molar-refractivity contribution in [1.29, 1.82) is 0 Å². The molecule has 8 heteroatoms. The number of hydrogen-bond donors (Lipinski definition) is 0. The lowest BCUT2D eigenvalue weighted by Gasteiger charge is -2.27. The van der Waals surface area contributed by atoms with Gasteiger partial charge >= 0.3 is 12.1 Å². The largest absolute Gasteiger partial charge is 0.470 e. The van der Waals surface area contributed by atoms with E-state index in [9.17, 15) is 17.6 Å². The van der Waals surface area contributed by atoms with Crippen LogP contribution >= 0.6 is 0 Å². The van der Waals surface area contributed by atoms with E-state index in [0.717, 1.165) is 11.1 Å². The van der Waals surface area contributed by atoms with Gasteiger partial charge in [-0.05, 0) is 38.7 Å². The Kier molecular flexibility index (Phi) is 4.72. The van der Waals surface area contributed by atoms with Crippen molar-refractivity contribution in [3.8, 4) is 0 Å². The van der Waals surface area contributed by atoms with E-state index in [1.165, 1.54) is 18.2 Å². The average molecular weight is 319 g/mol. The van der Waals surface area contributed by atoms with E-state index in [0.29, 0.717) is 5.56 Å². The van der Waals surface area contributed by atoms with E-state index < -0.39 is 24.1 Å². The predicted molar refractivity (Wildman–Crippen MR) is 73.6 cm³/mol. The van der Waals surface area contributed by atoms with E-state index in [-0.39, 0.29) is 12.6 Å². The van der Waals surface area contributed by atoms with Gasteiger partial charge < -0.3 is 9.74 Å². The zero-order valence-electron chi connectivity index (χ0n) is 12.4. The SMILES string of the molecule is CC(CN1OC(C(F)(F)F)=NC1c1cccc(F)c1)N(C)C. The lowest BCUT2D eigenvalue weighted by Crippen LogP contribution is -2.39. The summed E-state index contributed by atoms with van der Waals surface area (Å²) in [6.07, 6.45) is -5.70. The van der Waals surface area contributed by atoms with Crippen molar-refractivity contribution >= 4 is 5.90 Å². The van der Waals surface area contributed by atoms with Crippen LogP contribution in [0.1, 0.15) is 18.7 Å². The fourth-order valence-electron chi connectivity index (χ4n) is 1.95. The number of halogens is 4. The third-order valence-electron chi connectivity index (χ3n) is 3.43. The van der Waals surface area contributed by atoms with Gasteiger partial charge in [-0.15, -0.1) is 5.06 Å². The summed E-state index contributed by atoms with van der Waals surface area (Å²) in [7, 11) is 3.62. The molecule has 0 radical (unpaired) electrons. The molecular formula is C14H17F4N3O. The molecule has 0 spiro atoms. The summed E-state index contributed by atoms with van der Waals surface area (Å²) in [5.41, 5.74) is 0.310. The van der Waals surface area contributed by atoms with Gasteiger partial charge in [0.05, 0.1) is 6.54 Å². The molecule has 1 heterocycles. The van der Waals surface area contributed by atoms with Crippen molar-refractivity contribution in [3.05, 3.63) is 35.6 Å². The molecule has 1 aromatic rings. The Morgan fingerprint density at radius 2 is 2.05 bits per heavy atom. The minimum absolute atomic E-state index is 0.0705. The minimum atomic E-state index is -4.68. The van der Waals surface area contributed by atoms with Crippen LogP contribution in [0, 0.1) is 5.82 Å². The van der Waals surface area contributed by atoms with Crippen LogP contribution in [0.25, 0.3) is 0 Å². The molecule has 1 aliphatic heterocycles. The minimum Gasteiger partial charge on any atom is -0.378 e. The van der Waals surface area contributed by atoms with Gasteiger partial charge in [-0.1, -0.05) is 12.1 Å². The fourth-order valence-corrected chi connectivity index (χ4v) is 1.95. The standard InChI is InChI=1S/C14H17F4N3O/c1-9(20(2)3)8-21-12(10-5-4-6-11(15)7-10)19-13(22-21)14(16,17)18/h4-7,9,12H,8H2,1-3H3. The first-order valence-corrected chi connectivity index (χ1v) is 6.70. The second-order valence-corrected chi connectivity index (χ2v) is 5.36. The summed E-state index contributed by atoms with van der Waals surface area (Å²) in [6.45, 7) is 2.04. The highest BCUT2D eigenvalue weighted by Gasteiger charge is 2.46. The maximum atomic E-state index is 13.3. The van der Waals surface area contributed by atoms with Crippen molar-refractivity contribution in [2.24, 2.45) is 4.99 Å². The highest BCUT2D eigenvalue weighted by Crippen LogP contribution is 2.33. The van der Waals surface area contributed by atoms with Gasteiger partial charge in [-0.2, -0.15) is 13.2 Å². The van der Waals surface area contributed by atoms with Crippen LogP contribution in [0.2, 0.25) is 0 Å². The third-order valence-corrected chi connectivity index (χ3v) is 3.43. The molecule has 122 valence electrons. The fraction of sp³-hybridized carbons (Fsp3) is 0.500. The number of likely N-dealkylation sites (N-methyl/N-ethyl adjacent to an activating group) is 1. The molecule has 0 amide bonds. The smallest absolute Gasteiger partial charge is 0.378 e. The Labute approximate surface area is 125 Å². The molecule has 2 atom stereocenters. The average Bonchev–Trinajstić information content (AvgIpc) is 2.82. The van der Waals surface area contributed by atoms with Gasteiger partial charge in [-0.25, -0.2) is 9.38 Å². The summed E-state index contributed by atoms with van der Waals surface area (Å²) in [5, 5.41) is 1.13. The Morgan fingerprint density at radius 3 is 2.59 bits per heavy atom. The first-order valence-electron chi connectivity index (χ1n) is 6.70. The van der Waals surface area contributed by atoms with Crippen LogP contribution in [0.4, 0.5) is 17.6 Å². The third kappa shape index (κ3) is 3.75. The Hall–Kier alpha value is -1.67. The van der Waals surface area contributed by atoms with Gasteiger partial charge in [0.2, 0.25) is 0 Å². The van der Waals surface area contributed by atoms with Crippen LogP contribution in [0.15, 0.2) is 29.3 Å². The van der Waals surface area contributed by atoms with Crippen LogP contribution in [0.3, 0.4) is 0 Å². The van der Waals surface area contributed by atoms with E-state index in [1.807, 2.05) is 25.9 Å². The normalized spacial score (nSPS) is 20.9. The Morgan fingerprint density at radius 1 is 1.36 bits per heavy atom. The molecule has 1 aromatic carbocycles. The second-order valence-electron chi connectivity index (χ2n) is 5.36. The first-order chi connectivity index (χ1) is 10.2. The van der Waals surface area contributed by atoms with Gasteiger partial charge in [0.1, 0.15) is 5.82 Å². The topological polar surface area (TPSA) is 28.1 Å². The van der Waals surface area contributed by atoms with Crippen LogP contribution in [-0.4, -0.2) is 48.7 Å². The molecule has 0 N–H and O–H groups in total. The number of rotatable bonds is 4. The summed E-state index contributed by atoms with van der Waals surface area (Å²) in [4.78, 5) is 10.3. The molecule has 0 aromatic heterocycles. The van der Waals surface area contributed by atoms with Crippen LogP contribution in [-0.2, 0) is 4.84 Å². The summed E-state index contributed by atoms with van der Waals surface area (Å²) in [6, 6.07) is 5.26. The molecule has 0 saturated heterocycles. The molecule has 2 rings (SSSR count). The van der Waals surface area contributed by atoms with Crippen molar-refractivity contribution in [1.82, 2.24) is 9.96 Å². The Balaban J connectivity index is 2.29. The number of alkyl halides is 3. The predicted octanol–water partition coefficient (Wildman–Crippen LogP) is 2.98. The molecule has 2 unspecified atom stereocenters. The highest BCUT2D eigenvalue weighted by molar-refractivity contribution is 5.82. The molecule has 0 fully saturated rings. The van der Waals surface area contributed by atoms with E-state index in [4.69, 9.17) is 4.84 Å². The lowest BCUT2D eigenvalue weighted by atomic mass is 10.1. The van der Waals surface area contributed by atoms with Crippen molar-refractivity contribution < 1.29 is 22.4 Å². The van der Waals surface area contributed by atoms with Crippen molar-refractivity contribution in [2.75, 3.05) is 20.6 Å². The first kappa shape index (κ1) is 16.7. The number of aliphatic imine (C=N–C) groups is 1. The van der Waals surface area contributed by atoms with Gasteiger partial charge in [0, 0.05) is 6.04 Å². The number of nitrogens with zero attached hydrogens (tertiary/aromatic N) is 3. The van der Waals surface area contributed by atoms with E-state index >= 15 is 0 Å². The summed E-state index contributed by atoms with van der Waals surface area (Å²) < 4.78 is 51.8. The monoisotopic (exact) mass is 319 g/mol. The number of hydrogen-bond acceptors (Lipinski definition) is 4. The lowest BCUT2D eigenvalue weighted by molar-refractivity contribution is -0.139. The van der Waals surface area contributed by atoms with E-state index in [1.54, 1.807) is 0 Å². The number of hydroxylamine groups is 2. The Bertz CT molecular complexity index is 559. The maximum absolute atomic E-state index is 13.3. The van der Waals surface area contributed by atoms with Gasteiger partial charge in [0.15, 0.2) is 6.17 Å². The molecule has 0 bridgehead atoms. The molecule has 1 aliphatic rings. The van der Waals surface area contributed by atoms with Crippen molar-refractivity contribution in [3.63, 3.8) is 0 Å². The van der Waals surface area contributed by atoms with Crippen LogP contribution < -0.4 is 0 Å². The van der Waals surface area contributed by atoms with E-state index in [2.05, 4.69) is 4.99 Å². The molecular weight excluding hydrogens is 302 g/mol. The van der Waals surface area contributed by atoms with Gasteiger partial charge in [0.25, 0.3) is 0 Å². The highest BCUT2D eigenvalue weighted by atomic mass is 19.4. The molecule has 4 nitrogen and oxygen atoms in total. The zero-order valence-corrected chi connectivity index (χ0v) is 12.4. The number of benzene rings is 1. The molecule has 0 aliphatic carbocycles. The molecule has 22 heavy (non-hydrogen) atoms.